The summed E-state index contributed by atoms with van der Waals surface area (Å²) in [5.74, 6) is -2.79. The predicted octanol–water partition coefficient (Wildman–Crippen LogP) is 2.57. The van der Waals surface area contributed by atoms with Gasteiger partial charge in [0.2, 0.25) is 10.0 Å². The standard InChI is InChI=1S/C19H21FN2O5S/c1-19(2,3)12-4-6-13(7-5-12)22-17(23)11-27-18(24)15-10-14(28(21,25)26)8-9-16(15)20/h4-10H,11H2,1-3H3,(H,22,23)(H2,21,25,26). The van der Waals surface area contributed by atoms with E-state index in [1.54, 1.807) is 12.1 Å². The van der Waals surface area contributed by atoms with E-state index >= 15 is 0 Å². The molecule has 0 fully saturated rings. The molecule has 0 bridgehead atoms. The third-order valence-electron chi connectivity index (χ3n) is 3.86. The van der Waals surface area contributed by atoms with E-state index in [1.165, 1.54) is 0 Å². The van der Waals surface area contributed by atoms with Crippen LogP contribution in [0, 0.1) is 5.82 Å². The third kappa shape index (κ3) is 5.61. The number of benzene rings is 2. The highest BCUT2D eigenvalue weighted by Gasteiger charge is 2.19. The number of rotatable bonds is 5. The van der Waals surface area contributed by atoms with Gasteiger partial charge in [-0.05, 0) is 41.3 Å². The first-order chi connectivity index (χ1) is 12.9. The van der Waals surface area contributed by atoms with E-state index in [2.05, 4.69) is 26.1 Å². The second-order valence-electron chi connectivity index (χ2n) is 7.14. The van der Waals surface area contributed by atoms with Gasteiger partial charge >= 0.3 is 5.97 Å². The van der Waals surface area contributed by atoms with E-state index in [-0.39, 0.29) is 5.41 Å². The molecular formula is C19H21FN2O5S. The molecule has 0 aromatic heterocycles. The van der Waals surface area contributed by atoms with E-state index in [0.29, 0.717) is 5.69 Å². The van der Waals surface area contributed by atoms with Crippen LogP contribution < -0.4 is 10.5 Å². The Morgan fingerprint density at radius 2 is 1.71 bits per heavy atom. The van der Waals surface area contributed by atoms with E-state index in [4.69, 9.17) is 9.88 Å². The molecule has 0 unspecified atom stereocenters. The van der Waals surface area contributed by atoms with Crippen LogP contribution >= 0.6 is 0 Å². The summed E-state index contributed by atoms with van der Waals surface area (Å²) in [6.07, 6.45) is 0. The van der Waals surface area contributed by atoms with Gasteiger partial charge in [-0.1, -0.05) is 32.9 Å². The molecule has 0 saturated heterocycles. The summed E-state index contributed by atoms with van der Waals surface area (Å²) in [4.78, 5) is 23.5. The quantitative estimate of drug-likeness (QED) is 0.738. The predicted molar refractivity (Wildman–Crippen MR) is 102 cm³/mol. The maximum absolute atomic E-state index is 13.8. The fourth-order valence-electron chi connectivity index (χ4n) is 2.30. The average Bonchev–Trinajstić information content (AvgIpc) is 2.58. The number of carbonyl (C=O) groups excluding carboxylic acids is 2. The van der Waals surface area contributed by atoms with Crippen LogP contribution in [0.5, 0.6) is 0 Å². The van der Waals surface area contributed by atoms with Crippen molar-refractivity contribution in [3.63, 3.8) is 0 Å². The monoisotopic (exact) mass is 408 g/mol. The molecule has 9 heteroatoms. The lowest BCUT2D eigenvalue weighted by Crippen LogP contribution is -2.22. The highest BCUT2D eigenvalue weighted by atomic mass is 32.2. The Bertz CT molecular complexity index is 996. The van der Waals surface area contributed by atoms with E-state index in [1.807, 2.05) is 12.1 Å². The van der Waals surface area contributed by atoms with Crippen LogP contribution in [0.25, 0.3) is 0 Å². The van der Waals surface area contributed by atoms with Gasteiger partial charge in [0.25, 0.3) is 5.91 Å². The number of primary sulfonamides is 1. The second-order valence-corrected chi connectivity index (χ2v) is 8.70. The molecule has 0 aliphatic rings. The maximum Gasteiger partial charge on any atom is 0.341 e. The van der Waals surface area contributed by atoms with Crippen LogP contribution in [-0.2, 0) is 25.0 Å². The van der Waals surface area contributed by atoms with Crippen molar-refractivity contribution in [3.8, 4) is 0 Å². The zero-order valence-electron chi connectivity index (χ0n) is 15.7. The zero-order valence-corrected chi connectivity index (χ0v) is 16.5. The largest absolute Gasteiger partial charge is 0.452 e. The number of nitrogens with one attached hydrogen (secondary N) is 1. The molecule has 0 saturated carbocycles. The van der Waals surface area contributed by atoms with E-state index in [9.17, 15) is 22.4 Å². The first-order valence-electron chi connectivity index (χ1n) is 8.28. The molecular weight excluding hydrogens is 387 g/mol. The third-order valence-corrected chi connectivity index (χ3v) is 4.77. The van der Waals surface area contributed by atoms with Crippen LogP contribution in [0.15, 0.2) is 47.4 Å². The number of nitrogens with two attached hydrogens (primary N) is 1. The number of amides is 1. The number of esters is 1. The van der Waals surface area contributed by atoms with Crippen LogP contribution in [-0.4, -0.2) is 26.9 Å². The van der Waals surface area contributed by atoms with Gasteiger partial charge in [-0.3, -0.25) is 4.79 Å². The molecule has 2 aromatic carbocycles. The Hall–Kier alpha value is -2.78. The molecule has 0 aliphatic carbocycles. The molecule has 0 radical (unpaired) electrons. The number of anilines is 1. The Balaban J connectivity index is 2.00. The Labute approximate surface area is 162 Å². The van der Waals surface area contributed by atoms with Crippen molar-refractivity contribution in [2.75, 3.05) is 11.9 Å². The smallest absolute Gasteiger partial charge is 0.341 e. The minimum Gasteiger partial charge on any atom is -0.452 e. The fourth-order valence-corrected chi connectivity index (χ4v) is 2.84. The van der Waals surface area contributed by atoms with Gasteiger partial charge in [0.05, 0.1) is 10.5 Å². The SMILES string of the molecule is CC(C)(C)c1ccc(NC(=O)COC(=O)c2cc(S(N)(=O)=O)ccc2F)cc1. The van der Waals surface area contributed by atoms with Gasteiger partial charge in [-0.25, -0.2) is 22.7 Å². The molecule has 0 atom stereocenters. The molecule has 2 aromatic rings. The lowest BCUT2D eigenvalue weighted by Gasteiger charge is -2.19. The van der Waals surface area contributed by atoms with E-state index < -0.39 is 44.8 Å². The van der Waals surface area contributed by atoms with Gasteiger partial charge < -0.3 is 10.1 Å². The Morgan fingerprint density at radius 3 is 2.25 bits per heavy atom. The summed E-state index contributed by atoms with van der Waals surface area (Å²) < 4.78 is 41.2. The summed E-state index contributed by atoms with van der Waals surface area (Å²) in [6.45, 7) is 5.51. The highest BCUT2D eigenvalue weighted by molar-refractivity contribution is 7.89. The summed E-state index contributed by atoms with van der Waals surface area (Å²) in [7, 11) is -4.12. The van der Waals surface area contributed by atoms with Crippen molar-refractivity contribution in [1.82, 2.24) is 0 Å². The van der Waals surface area contributed by atoms with E-state index in [0.717, 1.165) is 23.8 Å². The number of hydrogen-bond donors (Lipinski definition) is 2. The highest BCUT2D eigenvalue weighted by Crippen LogP contribution is 2.23. The number of carbonyl (C=O) groups is 2. The number of ether oxygens (including phenoxy) is 1. The van der Waals surface area contributed by atoms with Gasteiger partial charge in [0.1, 0.15) is 5.82 Å². The fraction of sp³-hybridized carbons (Fsp3) is 0.263. The first-order valence-corrected chi connectivity index (χ1v) is 9.82. The lowest BCUT2D eigenvalue weighted by atomic mass is 9.87. The number of sulfonamides is 1. The topological polar surface area (TPSA) is 116 Å². The normalized spacial score (nSPS) is 11.8. The van der Waals surface area contributed by atoms with Crippen LogP contribution in [0.4, 0.5) is 10.1 Å². The molecule has 3 N–H and O–H groups in total. The Kier molecular flexibility index (Phi) is 6.20. The average molecular weight is 408 g/mol. The molecule has 7 nitrogen and oxygen atoms in total. The van der Waals surface area contributed by atoms with Gasteiger partial charge in [-0.2, -0.15) is 0 Å². The minimum absolute atomic E-state index is 0.0340. The van der Waals surface area contributed by atoms with Crippen molar-refractivity contribution in [1.29, 1.82) is 0 Å². The van der Waals surface area contributed by atoms with Gasteiger partial charge in [0, 0.05) is 5.69 Å². The summed E-state index contributed by atoms with van der Waals surface area (Å²) in [6, 6.07) is 9.65. The van der Waals surface area contributed by atoms with Gasteiger partial charge in [0.15, 0.2) is 6.61 Å². The molecule has 0 spiro atoms. The molecule has 0 heterocycles. The van der Waals surface area contributed by atoms with Crippen LogP contribution in [0.3, 0.4) is 0 Å². The van der Waals surface area contributed by atoms with Gasteiger partial charge in [-0.15, -0.1) is 0 Å². The van der Waals surface area contributed by atoms with Crippen molar-refractivity contribution in [3.05, 3.63) is 59.4 Å². The van der Waals surface area contributed by atoms with Crippen molar-refractivity contribution in [2.45, 2.75) is 31.1 Å². The molecule has 2 rings (SSSR count). The summed E-state index contributed by atoms with van der Waals surface area (Å²) in [5, 5.41) is 7.51. The number of halogens is 1. The van der Waals surface area contributed by atoms with Crippen molar-refractivity contribution >= 4 is 27.6 Å². The minimum atomic E-state index is -4.12. The molecule has 28 heavy (non-hydrogen) atoms. The van der Waals surface area contributed by atoms with Crippen molar-refractivity contribution < 1.29 is 27.1 Å². The van der Waals surface area contributed by atoms with Crippen molar-refractivity contribution in [2.24, 2.45) is 5.14 Å². The zero-order chi connectivity index (χ0) is 21.1. The maximum atomic E-state index is 13.8. The van der Waals surface area contributed by atoms with Crippen LogP contribution in [0.1, 0.15) is 36.7 Å². The molecule has 1 amide bonds. The van der Waals surface area contributed by atoms with Crippen LogP contribution in [0.2, 0.25) is 0 Å². The second kappa shape index (κ2) is 8.07. The lowest BCUT2D eigenvalue weighted by molar-refractivity contribution is -0.119. The summed E-state index contributed by atoms with van der Waals surface area (Å²) >= 11 is 0. The summed E-state index contributed by atoms with van der Waals surface area (Å²) in [5.41, 5.74) is 0.931. The number of hydrogen-bond acceptors (Lipinski definition) is 5. The first kappa shape index (κ1) is 21.5. The Morgan fingerprint density at radius 1 is 1.11 bits per heavy atom. The molecule has 0 aliphatic heterocycles. The molecule has 150 valence electrons.